The van der Waals surface area contributed by atoms with Crippen molar-refractivity contribution in [3.05, 3.63) is 127 Å². The molecule has 4 heterocycles. The minimum atomic E-state index is 0.0301. The van der Waals surface area contributed by atoms with Crippen molar-refractivity contribution in [3.8, 4) is 17.3 Å². The molecule has 2 aliphatic heterocycles. The van der Waals surface area contributed by atoms with E-state index < -0.39 is 0 Å². The molecule has 0 unspecified atom stereocenters. The van der Waals surface area contributed by atoms with Crippen LogP contribution in [0.4, 0.5) is 5.69 Å². The first-order valence-electron chi connectivity index (χ1n) is 13.3. The zero-order valence-electron chi connectivity index (χ0n) is 22.4. The summed E-state index contributed by atoms with van der Waals surface area (Å²) in [5.41, 5.74) is 5.76. The van der Waals surface area contributed by atoms with Gasteiger partial charge >= 0.3 is 0 Å². The van der Waals surface area contributed by atoms with Crippen LogP contribution in [-0.2, 0) is 5.41 Å². The van der Waals surface area contributed by atoms with Crippen LogP contribution in [0, 0.1) is 0 Å². The van der Waals surface area contributed by atoms with E-state index in [2.05, 4.69) is 132 Å². The number of anilines is 1. The van der Waals surface area contributed by atoms with Crippen molar-refractivity contribution in [2.24, 2.45) is 0 Å². The molecule has 0 fully saturated rings. The van der Waals surface area contributed by atoms with Crippen LogP contribution in [0.5, 0.6) is 11.5 Å². The van der Waals surface area contributed by atoms with Gasteiger partial charge in [0, 0.05) is 47.2 Å². The van der Waals surface area contributed by atoms with E-state index >= 15 is 0 Å². The number of hydrogen-bond acceptors (Lipinski definition) is 4. The number of allylic oxidation sites excluding steroid dienone is 3. The molecule has 39 heavy (non-hydrogen) atoms. The lowest BCUT2D eigenvalue weighted by atomic mass is 9.88. The van der Waals surface area contributed by atoms with Crippen LogP contribution < -0.4 is 9.64 Å². The summed E-state index contributed by atoms with van der Waals surface area (Å²) in [5.74, 6) is 2.50. The maximum Gasteiger partial charge on any atom is 0.137 e. The van der Waals surface area contributed by atoms with E-state index in [1.807, 2.05) is 18.3 Å². The fraction of sp³-hybridized carbons (Fsp3) is 0.147. The van der Waals surface area contributed by atoms with Crippen molar-refractivity contribution in [3.63, 3.8) is 0 Å². The lowest BCUT2D eigenvalue weighted by molar-refractivity contribution is 0.482. The molecular weight excluding hydrogens is 480 g/mol. The van der Waals surface area contributed by atoms with Gasteiger partial charge in [-0.3, -0.25) is 4.57 Å². The molecule has 7 rings (SSSR count). The predicted molar refractivity (Wildman–Crippen MR) is 159 cm³/mol. The molecule has 3 aromatic carbocycles. The third-order valence-corrected chi connectivity index (χ3v) is 7.44. The Morgan fingerprint density at radius 1 is 0.769 bits per heavy atom. The molecule has 0 spiro atoms. The average molecular weight is 511 g/mol. The van der Waals surface area contributed by atoms with Crippen LogP contribution in [0.3, 0.4) is 0 Å². The Labute approximate surface area is 228 Å². The van der Waals surface area contributed by atoms with E-state index in [1.54, 1.807) is 0 Å². The molecule has 5 nitrogen and oxygen atoms in total. The van der Waals surface area contributed by atoms with Crippen molar-refractivity contribution in [1.82, 2.24) is 14.5 Å². The van der Waals surface area contributed by atoms with Gasteiger partial charge in [0.2, 0.25) is 0 Å². The summed E-state index contributed by atoms with van der Waals surface area (Å²) in [6.07, 6.45) is 12.4. The Kier molecular flexibility index (Phi) is 5.34. The first kappa shape index (κ1) is 23.4. The van der Waals surface area contributed by atoms with Gasteiger partial charge in [0.1, 0.15) is 17.3 Å². The number of pyridine rings is 1. The highest BCUT2D eigenvalue weighted by molar-refractivity contribution is 6.09. The van der Waals surface area contributed by atoms with Crippen LogP contribution >= 0.6 is 0 Å². The summed E-state index contributed by atoms with van der Waals surface area (Å²) in [5, 5.41) is 2.38. The molecule has 0 saturated carbocycles. The van der Waals surface area contributed by atoms with Gasteiger partial charge < -0.3 is 14.5 Å². The fourth-order valence-electron chi connectivity index (χ4n) is 5.39. The van der Waals surface area contributed by atoms with Crippen LogP contribution in [0.1, 0.15) is 26.3 Å². The molecule has 0 N–H and O–H groups in total. The molecule has 0 atom stereocenters. The summed E-state index contributed by atoms with van der Waals surface area (Å²) in [7, 11) is 0. The number of benzene rings is 3. The van der Waals surface area contributed by atoms with Gasteiger partial charge in [-0.05, 0) is 65.6 Å². The number of para-hydroxylation sites is 1. The maximum atomic E-state index is 6.45. The smallest absolute Gasteiger partial charge is 0.137 e. The number of aromatic nitrogens is 2. The summed E-state index contributed by atoms with van der Waals surface area (Å²) in [6, 6.07) is 27.4. The normalized spacial score (nSPS) is 14.8. The van der Waals surface area contributed by atoms with Crippen LogP contribution in [0.15, 0.2) is 121 Å². The monoisotopic (exact) mass is 510 g/mol. The number of fused-ring (bicyclic) bond motifs is 4. The largest absolute Gasteiger partial charge is 0.457 e. The Morgan fingerprint density at radius 2 is 1.62 bits per heavy atom. The lowest BCUT2D eigenvalue weighted by Gasteiger charge is -2.21. The number of rotatable bonds is 4. The second-order valence-corrected chi connectivity index (χ2v) is 11.1. The fourth-order valence-corrected chi connectivity index (χ4v) is 5.39. The van der Waals surface area contributed by atoms with E-state index in [1.165, 1.54) is 22.0 Å². The molecule has 0 bridgehead atoms. The first-order chi connectivity index (χ1) is 18.9. The molecule has 5 aromatic rings. The highest BCUT2D eigenvalue weighted by Crippen LogP contribution is 2.36. The number of nitrogens with zero attached hydrogens (tertiary/aromatic N) is 4. The van der Waals surface area contributed by atoms with E-state index in [4.69, 9.17) is 9.72 Å². The molecule has 0 saturated heterocycles. The highest BCUT2D eigenvalue weighted by atomic mass is 16.5. The molecule has 0 amide bonds. The van der Waals surface area contributed by atoms with Crippen molar-refractivity contribution >= 4 is 27.5 Å². The highest BCUT2D eigenvalue weighted by Gasteiger charge is 2.21. The Morgan fingerprint density at radius 3 is 2.49 bits per heavy atom. The predicted octanol–water partition coefficient (Wildman–Crippen LogP) is 8.27. The zero-order valence-corrected chi connectivity index (χ0v) is 22.4. The van der Waals surface area contributed by atoms with Gasteiger partial charge in [-0.1, -0.05) is 51.1 Å². The van der Waals surface area contributed by atoms with Crippen molar-refractivity contribution in [1.29, 1.82) is 0 Å². The molecular formula is C34H30N4O. The van der Waals surface area contributed by atoms with Crippen molar-refractivity contribution in [2.45, 2.75) is 26.2 Å². The minimum Gasteiger partial charge on any atom is -0.457 e. The topological polar surface area (TPSA) is 33.5 Å². The van der Waals surface area contributed by atoms with Gasteiger partial charge in [-0.2, -0.15) is 0 Å². The summed E-state index contributed by atoms with van der Waals surface area (Å²) < 4.78 is 8.69. The first-order valence-corrected chi connectivity index (χ1v) is 13.3. The Balaban J connectivity index is 1.28. The molecule has 192 valence electrons. The Hall–Kier alpha value is -4.77. The van der Waals surface area contributed by atoms with E-state index in [0.717, 1.165) is 40.7 Å². The van der Waals surface area contributed by atoms with Gasteiger partial charge in [-0.15, -0.1) is 0 Å². The third kappa shape index (κ3) is 4.16. The van der Waals surface area contributed by atoms with E-state index in [9.17, 15) is 0 Å². The molecule has 2 aliphatic rings. The average Bonchev–Trinajstić information content (AvgIpc) is 3.52. The summed E-state index contributed by atoms with van der Waals surface area (Å²) in [4.78, 5) is 9.25. The van der Waals surface area contributed by atoms with Crippen LogP contribution in [0.2, 0.25) is 0 Å². The van der Waals surface area contributed by atoms with Crippen LogP contribution in [0.25, 0.3) is 27.6 Å². The molecule has 0 radical (unpaired) electrons. The molecule has 2 aromatic heterocycles. The van der Waals surface area contributed by atoms with Crippen molar-refractivity contribution < 1.29 is 4.74 Å². The standard InChI is InChI=1S/C34H30N4O/c1-34(2,3)24-16-17-35-33(19-24)38-31-13-5-4-12-29(31)30-15-14-28(21-32(30)38)39-27-11-8-10-25(20-27)37-22-26-9-6-7-18-36(26)23-37/h4-22H,23H2,1-3H3. The minimum absolute atomic E-state index is 0.0301. The van der Waals surface area contributed by atoms with Gasteiger partial charge in [0.15, 0.2) is 0 Å². The van der Waals surface area contributed by atoms with Gasteiger partial charge in [0.05, 0.1) is 23.4 Å². The van der Waals surface area contributed by atoms with Gasteiger partial charge in [0.25, 0.3) is 0 Å². The maximum absolute atomic E-state index is 6.45. The lowest BCUT2D eigenvalue weighted by Crippen LogP contribution is -2.22. The summed E-state index contributed by atoms with van der Waals surface area (Å²) >= 11 is 0. The van der Waals surface area contributed by atoms with Gasteiger partial charge in [-0.25, -0.2) is 4.98 Å². The second kappa shape index (κ2) is 8.91. The quantitative estimate of drug-likeness (QED) is 0.244. The van der Waals surface area contributed by atoms with Crippen LogP contribution in [-0.4, -0.2) is 21.1 Å². The SMILES string of the molecule is CC(C)(C)c1ccnc(-n2c3ccccc3c3ccc(Oc4cccc(N5C=C6C=CC=CN6C5)c4)cc32)c1. The van der Waals surface area contributed by atoms with Crippen molar-refractivity contribution in [2.75, 3.05) is 11.6 Å². The van der Waals surface area contributed by atoms with E-state index in [-0.39, 0.29) is 5.41 Å². The summed E-state index contributed by atoms with van der Waals surface area (Å²) in [6.45, 7) is 7.48. The second-order valence-electron chi connectivity index (χ2n) is 11.1. The third-order valence-electron chi connectivity index (χ3n) is 7.44. The number of hydrogen-bond donors (Lipinski definition) is 0. The molecule has 0 aliphatic carbocycles. The van der Waals surface area contributed by atoms with E-state index in [0.29, 0.717) is 0 Å². The zero-order chi connectivity index (χ0) is 26.6. The molecule has 5 heteroatoms. The Bertz CT molecular complexity index is 1820. The number of ether oxygens (including phenoxy) is 1.